The molecule has 0 fully saturated rings. The van der Waals surface area contributed by atoms with Crippen LogP contribution in [0.3, 0.4) is 0 Å². The molecular formula is C20H38O6. The Labute approximate surface area is 158 Å². The zero-order chi connectivity index (χ0) is 20.1. The predicted molar refractivity (Wildman–Crippen MR) is 101 cm³/mol. The van der Waals surface area contributed by atoms with Crippen molar-refractivity contribution in [3.05, 3.63) is 0 Å². The van der Waals surface area contributed by atoms with E-state index in [4.69, 9.17) is 18.9 Å². The Balaban J connectivity index is 3.36. The maximum absolute atomic E-state index is 11.5. The van der Waals surface area contributed by atoms with Crippen LogP contribution in [0, 0.1) is 10.8 Å². The van der Waals surface area contributed by atoms with E-state index in [-0.39, 0.29) is 36.0 Å². The average molecular weight is 375 g/mol. The number of ether oxygens (including phenoxy) is 4. The quantitative estimate of drug-likeness (QED) is 0.361. The van der Waals surface area contributed by atoms with Crippen molar-refractivity contribution < 1.29 is 28.5 Å². The van der Waals surface area contributed by atoms with Gasteiger partial charge in [0.15, 0.2) is 0 Å². The highest BCUT2D eigenvalue weighted by Crippen LogP contribution is 2.21. The summed E-state index contributed by atoms with van der Waals surface area (Å²) in [5.41, 5.74) is 0.265. The van der Waals surface area contributed by atoms with Gasteiger partial charge in [0.2, 0.25) is 0 Å². The second kappa shape index (κ2) is 13.1. The van der Waals surface area contributed by atoms with E-state index in [1.807, 2.05) is 0 Å². The van der Waals surface area contributed by atoms with Crippen LogP contribution in [0.1, 0.15) is 67.2 Å². The first-order chi connectivity index (χ1) is 12.0. The average Bonchev–Trinajstić information content (AvgIpc) is 2.51. The summed E-state index contributed by atoms with van der Waals surface area (Å²) in [6.45, 7) is 14.6. The zero-order valence-corrected chi connectivity index (χ0v) is 17.5. The zero-order valence-electron chi connectivity index (χ0n) is 17.5. The topological polar surface area (TPSA) is 71.1 Å². The van der Waals surface area contributed by atoms with E-state index in [9.17, 15) is 9.59 Å². The molecule has 26 heavy (non-hydrogen) atoms. The minimum Gasteiger partial charge on any atom is -0.463 e. The van der Waals surface area contributed by atoms with Gasteiger partial charge in [0.05, 0.1) is 26.4 Å². The minimum absolute atomic E-state index is 0.133. The number of rotatable bonds is 13. The van der Waals surface area contributed by atoms with E-state index >= 15 is 0 Å². The van der Waals surface area contributed by atoms with Crippen LogP contribution < -0.4 is 0 Å². The fraction of sp³-hybridized carbons (Fsp3) is 0.900. The first-order valence-corrected chi connectivity index (χ1v) is 9.46. The molecular weight excluding hydrogens is 336 g/mol. The second-order valence-corrected chi connectivity index (χ2v) is 8.79. The molecule has 0 aliphatic rings. The molecule has 0 bridgehead atoms. The van der Waals surface area contributed by atoms with E-state index in [1.54, 1.807) is 0 Å². The summed E-state index contributed by atoms with van der Waals surface area (Å²) in [5.74, 6) is -0.374. The predicted octanol–water partition coefficient (Wildman–Crippen LogP) is 3.76. The molecule has 0 atom stereocenters. The maximum Gasteiger partial charge on any atom is 0.305 e. The van der Waals surface area contributed by atoms with Crippen LogP contribution in [-0.2, 0) is 28.5 Å². The van der Waals surface area contributed by atoms with Gasteiger partial charge < -0.3 is 18.9 Å². The molecule has 0 spiro atoms. The van der Waals surface area contributed by atoms with Crippen molar-refractivity contribution in [2.45, 2.75) is 67.2 Å². The fourth-order valence-electron chi connectivity index (χ4n) is 1.85. The van der Waals surface area contributed by atoms with Crippen molar-refractivity contribution in [1.82, 2.24) is 0 Å². The highest BCUT2D eigenvalue weighted by Gasteiger charge is 2.14. The van der Waals surface area contributed by atoms with Gasteiger partial charge in [0, 0.05) is 12.8 Å². The molecule has 0 saturated carbocycles. The molecule has 154 valence electrons. The number of hydrogen-bond acceptors (Lipinski definition) is 6. The van der Waals surface area contributed by atoms with Crippen LogP contribution in [0.5, 0.6) is 0 Å². The molecule has 0 aromatic heterocycles. The van der Waals surface area contributed by atoms with Crippen molar-refractivity contribution >= 4 is 11.9 Å². The van der Waals surface area contributed by atoms with Crippen molar-refractivity contribution in [2.75, 3.05) is 39.6 Å². The van der Waals surface area contributed by atoms with Crippen molar-refractivity contribution in [3.8, 4) is 0 Å². The molecule has 0 heterocycles. The maximum atomic E-state index is 11.5. The molecule has 6 heteroatoms. The molecule has 0 aromatic rings. The molecule has 0 unspecified atom stereocenters. The Kier molecular flexibility index (Phi) is 12.5. The van der Waals surface area contributed by atoms with Crippen molar-refractivity contribution in [3.63, 3.8) is 0 Å². The highest BCUT2D eigenvalue weighted by molar-refractivity contribution is 5.69. The molecule has 0 saturated heterocycles. The van der Waals surface area contributed by atoms with Crippen LogP contribution in [0.2, 0.25) is 0 Å². The first-order valence-electron chi connectivity index (χ1n) is 9.46. The minimum atomic E-state index is -0.187. The van der Waals surface area contributed by atoms with Gasteiger partial charge in [0.25, 0.3) is 0 Å². The summed E-state index contributed by atoms with van der Waals surface area (Å²) in [5, 5.41) is 0. The number of hydrogen-bond donors (Lipinski definition) is 0. The third kappa shape index (κ3) is 19.2. The van der Waals surface area contributed by atoms with Gasteiger partial charge in [-0.2, -0.15) is 0 Å². The molecule has 0 radical (unpaired) electrons. The monoisotopic (exact) mass is 374 g/mol. The SMILES string of the molecule is CC(C)(C)CCC(=O)OCCOCCOCCOC(=O)CCC(C)(C)C. The summed E-state index contributed by atoms with van der Waals surface area (Å²) in [6.07, 6.45) is 2.48. The van der Waals surface area contributed by atoms with Crippen LogP contribution in [0.15, 0.2) is 0 Å². The number of carbonyl (C=O) groups is 2. The lowest BCUT2D eigenvalue weighted by atomic mass is 9.91. The summed E-state index contributed by atoms with van der Waals surface area (Å²) >= 11 is 0. The standard InChI is InChI=1S/C20H38O6/c1-19(2,3)9-7-17(21)25-15-13-23-11-12-24-14-16-26-18(22)8-10-20(4,5)6/h7-16H2,1-6H3. The fourth-order valence-corrected chi connectivity index (χ4v) is 1.85. The van der Waals surface area contributed by atoms with Crippen LogP contribution >= 0.6 is 0 Å². The van der Waals surface area contributed by atoms with E-state index in [0.29, 0.717) is 39.3 Å². The molecule has 0 amide bonds. The van der Waals surface area contributed by atoms with Crippen LogP contribution in [-0.4, -0.2) is 51.6 Å². The first kappa shape index (κ1) is 24.9. The molecule has 0 aromatic carbocycles. The van der Waals surface area contributed by atoms with Gasteiger partial charge in [0.1, 0.15) is 13.2 Å². The third-order valence-corrected chi connectivity index (χ3v) is 3.51. The highest BCUT2D eigenvalue weighted by atomic mass is 16.6. The van der Waals surface area contributed by atoms with Crippen LogP contribution in [0.4, 0.5) is 0 Å². The molecule has 0 aliphatic carbocycles. The van der Waals surface area contributed by atoms with Crippen molar-refractivity contribution in [1.29, 1.82) is 0 Å². The number of carbonyl (C=O) groups excluding carboxylic acids is 2. The summed E-state index contributed by atoms with van der Waals surface area (Å²) in [4.78, 5) is 23.0. The van der Waals surface area contributed by atoms with E-state index < -0.39 is 0 Å². The Morgan fingerprint density at radius 1 is 0.577 bits per heavy atom. The Bertz CT molecular complexity index is 354. The summed E-state index contributed by atoms with van der Waals surface area (Å²) < 4.78 is 20.8. The Morgan fingerprint density at radius 3 is 1.19 bits per heavy atom. The second-order valence-electron chi connectivity index (χ2n) is 8.79. The molecule has 0 aliphatic heterocycles. The summed E-state index contributed by atoms with van der Waals surface area (Å²) in [6, 6.07) is 0. The Morgan fingerprint density at radius 2 is 0.885 bits per heavy atom. The van der Waals surface area contributed by atoms with Crippen molar-refractivity contribution in [2.24, 2.45) is 10.8 Å². The largest absolute Gasteiger partial charge is 0.463 e. The van der Waals surface area contributed by atoms with E-state index in [1.165, 1.54) is 0 Å². The molecule has 6 nitrogen and oxygen atoms in total. The van der Waals surface area contributed by atoms with Gasteiger partial charge in [-0.1, -0.05) is 41.5 Å². The van der Waals surface area contributed by atoms with Crippen LogP contribution in [0.25, 0.3) is 0 Å². The molecule has 0 N–H and O–H groups in total. The normalized spacial score (nSPS) is 12.1. The van der Waals surface area contributed by atoms with Gasteiger partial charge in [-0.25, -0.2) is 0 Å². The van der Waals surface area contributed by atoms with Gasteiger partial charge in [-0.15, -0.1) is 0 Å². The van der Waals surface area contributed by atoms with Gasteiger partial charge in [-0.05, 0) is 23.7 Å². The lowest BCUT2D eigenvalue weighted by Gasteiger charge is -2.17. The van der Waals surface area contributed by atoms with Gasteiger partial charge >= 0.3 is 11.9 Å². The smallest absolute Gasteiger partial charge is 0.305 e. The van der Waals surface area contributed by atoms with Gasteiger partial charge in [-0.3, -0.25) is 9.59 Å². The third-order valence-electron chi connectivity index (χ3n) is 3.51. The lowest BCUT2D eigenvalue weighted by Crippen LogP contribution is -2.16. The lowest BCUT2D eigenvalue weighted by molar-refractivity contribution is -0.147. The Hall–Kier alpha value is -1.14. The summed E-state index contributed by atoms with van der Waals surface area (Å²) in [7, 11) is 0. The van der Waals surface area contributed by atoms with E-state index in [0.717, 1.165) is 12.8 Å². The van der Waals surface area contributed by atoms with E-state index in [2.05, 4.69) is 41.5 Å². The molecule has 0 rings (SSSR count). The number of esters is 2.